The molecule has 0 aromatic carbocycles. The minimum Gasteiger partial charge on any atom is -0.326 e. The van der Waals surface area contributed by atoms with Gasteiger partial charge in [-0.15, -0.1) is 0 Å². The highest BCUT2D eigenvalue weighted by Gasteiger charge is 2.09. The van der Waals surface area contributed by atoms with Crippen molar-refractivity contribution in [1.82, 2.24) is 0 Å². The van der Waals surface area contributed by atoms with E-state index < -0.39 is 0 Å². The lowest BCUT2D eigenvalue weighted by atomic mass is 10.2. The van der Waals surface area contributed by atoms with Crippen LogP contribution in [0.25, 0.3) is 0 Å². The zero-order valence-electron chi connectivity index (χ0n) is 4.28. The Labute approximate surface area is 39.6 Å². The second kappa shape index (κ2) is 1.63. The van der Waals surface area contributed by atoms with Crippen LogP contribution in [0.4, 0.5) is 0 Å². The second-order valence-corrected chi connectivity index (χ2v) is 1.98. The molecular formula is C6H11-. The van der Waals surface area contributed by atoms with Crippen LogP contribution in [-0.2, 0) is 0 Å². The fourth-order valence-corrected chi connectivity index (χ4v) is 0.665. The third kappa shape index (κ3) is 1.00. The Kier molecular flexibility index (Phi) is 1.13. The number of hydrogen-bond donors (Lipinski definition) is 0. The maximum atomic E-state index is 2.40. The molecule has 0 bridgehead atoms. The molecule has 0 nitrogen and oxygen atoms in total. The van der Waals surface area contributed by atoms with E-state index in [-0.39, 0.29) is 0 Å². The molecule has 1 aliphatic carbocycles. The van der Waals surface area contributed by atoms with Crippen molar-refractivity contribution < 1.29 is 0 Å². The molecule has 0 N–H and O–H groups in total. The van der Waals surface area contributed by atoms with E-state index in [0.717, 1.165) is 5.92 Å². The highest BCUT2D eigenvalue weighted by Crippen LogP contribution is 2.32. The fraction of sp³-hybridized carbons (Fsp3) is 0.833. The molecule has 1 rings (SSSR count). The van der Waals surface area contributed by atoms with Gasteiger partial charge >= 0.3 is 0 Å². The van der Waals surface area contributed by atoms with Crippen molar-refractivity contribution in [1.29, 1.82) is 0 Å². The smallest absolute Gasteiger partial charge is 0.0800 e. The summed E-state index contributed by atoms with van der Waals surface area (Å²) in [6.07, 6.45) is 6.60. The van der Waals surface area contributed by atoms with Crippen molar-refractivity contribution in [2.45, 2.75) is 26.2 Å². The third-order valence-corrected chi connectivity index (χ3v) is 1.19. The van der Waals surface area contributed by atoms with Gasteiger partial charge in [-0.3, -0.25) is 0 Å². The van der Waals surface area contributed by atoms with Crippen molar-refractivity contribution in [2.75, 3.05) is 0 Å². The van der Waals surface area contributed by atoms with Gasteiger partial charge in [-0.1, -0.05) is 19.8 Å². The molecule has 1 aliphatic rings. The van der Waals surface area contributed by atoms with Gasteiger partial charge in [-0.2, -0.15) is 12.3 Å². The minimum atomic E-state index is 1.02. The SMILES string of the molecule is CC[CH-]C1CC1. The first kappa shape index (κ1) is 4.17. The Bertz CT molecular complexity index is 35.3. The first-order valence-electron chi connectivity index (χ1n) is 2.77. The normalized spacial score (nSPS) is 21.5. The average Bonchev–Trinajstić information content (AvgIpc) is 2.21. The van der Waals surface area contributed by atoms with Gasteiger partial charge in [0.2, 0.25) is 0 Å². The topological polar surface area (TPSA) is 0 Å². The summed E-state index contributed by atoms with van der Waals surface area (Å²) < 4.78 is 0. The van der Waals surface area contributed by atoms with Crippen molar-refractivity contribution in [3.8, 4) is 0 Å². The molecule has 1 fully saturated rings. The molecule has 0 heteroatoms. The molecule has 0 atom stereocenters. The van der Waals surface area contributed by atoms with E-state index >= 15 is 0 Å². The molecule has 36 valence electrons. The molecule has 0 radical (unpaired) electrons. The lowest BCUT2D eigenvalue weighted by Gasteiger charge is -1.99. The summed E-state index contributed by atoms with van der Waals surface area (Å²) >= 11 is 0. The molecule has 0 aromatic heterocycles. The van der Waals surface area contributed by atoms with E-state index in [1.807, 2.05) is 0 Å². The van der Waals surface area contributed by atoms with E-state index in [9.17, 15) is 0 Å². The molecule has 0 unspecified atom stereocenters. The quantitative estimate of drug-likeness (QED) is 0.448. The maximum absolute atomic E-state index is 2.40. The Balaban J connectivity index is 1.88. The van der Waals surface area contributed by atoms with Gasteiger partial charge < -0.3 is 6.42 Å². The fourth-order valence-electron chi connectivity index (χ4n) is 0.665. The van der Waals surface area contributed by atoms with Crippen LogP contribution in [0.15, 0.2) is 0 Å². The van der Waals surface area contributed by atoms with Gasteiger partial charge in [0, 0.05) is 0 Å². The first-order chi connectivity index (χ1) is 2.93. The highest BCUT2D eigenvalue weighted by molar-refractivity contribution is 4.85. The molecule has 0 amide bonds. The average molecular weight is 83.2 g/mol. The summed E-state index contributed by atoms with van der Waals surface area (Å²) in [6, 6.07) is 0. The molecule has 0 aliphatic heterocycles. The van der Waals surface area contributed by atoms with Crippen molar-refractivity contribution in [2.24, 2.45) is 5.92 Å². The Morgan fingerprint density at radius 2 is 2.33 bits per heavy atom. The largest absolute Gasteiger partial charge is 0.326 e. The van der Waals surface area contributed by atoms with Crippen LogP contribution >= 0.6 is 0 Å². The summed E-state index contributed by atoms with van der Waals surface area (Å²) in [4.78, 5) is 0. The minimum absolute atomic E-state index is 1.02. The molecule has 0 saturated heterocycles. The lowest BCUT2D eigenvalue weighted by molar-refractivity contribution is 0.904. The maximum Gasteiger partial charge on any atom is -0.0800 e. The molecule has 6 heavy (non-hydrogen) atoms. The van der Waals surface area contributed by atoms with Crippen molar-refractivity contribution in [3.05, 3.63) is 6.42 Å². The Hall–Kier alpha value is 0. The summed E-state index contributed by atoms with van der Waals surface area (Å²) in [6.45, 7) is 2.21. The van der Waals surface area contributed by atoms with E-state index in [4.69, 9.17) is 0 Å². The van der Waals surface area contributed by atoms with Crippen LogP contribution in [0.5, 0.6) is 0 Å². The predicted molar refractivity (Wildman–Crippen MR) is 27.3 cm³/mol. The highest BCUT2D eigenvalue weighted by atomic mass is 14.2. The summed E-state index contributed by atoms with van der Waals surface area (Å²) in [5.74, 6) is 1.02. The Morgan fingerprint density at radius 1 is 1.67 bits per heavy atom. The van der Waals surface area contributed by atoms with Crippen LogP contribution in [0.1, 0.15) is 26.2 Å². The van der Waals surface area contributed by atoms with E-state index in [1.165, 1.54) is 19.3 Å². The van der Waals surface area contributed by atoms with Crippen LogP contribution in [-0.4, -0.2) is 0 Å². The van der Waals surface area contributed by atoms with Gasteiger partial charge in [-0.25, -0.2) is 0 Å². The number of rotatable bonds is 2. The third-order valence-electron chi connectivity index (χ3n) is 1.19. The molecule has 1 saturated carbocycles. The molecule has 0 aromatic rings. The lowest BCUT2D eigenvalue weighted by Crippen LogP contribution is -1.70. The van der Waals surface area contributed by atoms with Crippen molar-refractivity contribution >= 4 is 0 Å². The summed E-state index contributed by atoms with van der Waals surface area (Å²) in [5, 5.41) is 0. The monoisotopic (exact) mass is 83.1 g/mol. The van der Waals surface area contributed by atoms with Crippen LogP contribution < -0.4 is 0 Å². The van der Waals surface area contributed by atoms with Crippen LogP contribution in [0.3, 0.4) is 0 Å². The molecule has 0 spiro atoms. The van der Waals surface area contributed by atoms with Gasteiger partial charge in [0.25, 0.3) is 0 Å². The Morgan fingerprint density at radius 3 is 2.50 bits per heavy atom. The zero-order chi connectivity index (χ0) is 4.41. The summed E-state index contributed by atoms with van der Waals surface area (Å²) in [5.41, 5.74) is 0. The van der Waals surface area contributed by atoms with E-state index in [1.54, 1.807) is 0 Å². The van der Waals surface area contributed by atoms with Gasteiger partial charge in [0.15, 0.2) is 0 Å². The van der Waals surface area contributed by atoms with Crippen LogP contribution in [0, 0.1) is 12.3 Å². The van der Waals surface area contributed by atoms with Gasteiger partial charge in [-0.05, 0) is 0 Å². The first-order valence-corrected chi connectivity index (χ1v) is 2.77. The number of hydrogen-bond acceptors (Lipinski definition) is 0. The summed E-state index contributed by atoms with van der Waals surface area (Å²) in [7, 11) is 0. The predicted octanol–water partition coefficient (Wildman–Crippen LogP) is 2.01. The van der Waals surface area contributed by atoms with Crippen molar-refractivity contribution in [3.63, 3.8) is 0 Å². The van der Waals surface area contributed by atoms with Crippen LogP contribution in [0.2, 0.25) is 0 Å². The van der Waals surface area contributed by atoms with E-state index in [0.29, 0.717) is 0 Å². The zero-order valence-corrected chi connectivity index (χ0v) is 4.28. The standard InChI is InChI=1S/C6H11/c1-2-3-6-4-5-6/h3,6H,2,4-5H2,1H3/q-1. The van der Waals surface area contributed by atoms with E-state index in [2.05, 4.69) is 13.3 Å². The second-order valence-electron chi connectivity index (χ2n) is 1.98. The molecular weight excluding hydrogens is 72.1 g/mol. The molecule has 0 heterocycles. The van der Waals surface area contributed by atoms with Gasteiger partial charge in [0.05, 0.1) is 0 Å². The van der Waals surface area contributed by atoms with Gasteiger partial charge in [0.1, 0.15) is 0 Å².